The summed E-state index contributed by atoms with van der Waals surface area (Å²) in [5.74, 6) is -0.157. The molecule has 3 rings (SSSR count). The first-order valence-electron chi connectivity index (χ1n) is 8.50. The monoisotopic (exact) mass is 323 g/mol. The number of hydrogen-bond donors (Lipinski definition) is 2. The molecule has 1 heterocycles. The van der Waals surface area contributed by atoms with E-state index >= 15 is 0 Å². The van der Waals surface area contributed by atoms with Crippen LogP contribution in [0.25, 0.3) is 0 Å². The standard InChI is InChI=1S/C20H25N3O/c1-13-12-14(2)19(23-10-6-7-11-23)15(3)18(13)22-20(24)16-8-4-5-9-17(16)21/h4-5,8-9,12H,6-7,10-11,21H2,1-3H3,(H,22,24). The highest BCUT2D eigenvalue weighted by atomic mass is 16.1. The molecule has 1 saturated heterocycles. The molecule has 1 aliphatic rings. The van der Waals surface area contributed by atoms with Gasteiger partial charge in [0.2, 0.25) is 0 Å². The predicted molar refractivity (Wildman–Crippen MR) is 101 cm³/mol. The number of para-hydroxylation sites is 1. The summed E-state index contributed by atoms with van der Waals surface area (Å²) in [6.07, 6.45) is 2.46. The van der Waals surface area contributed by atoms with E-state index in [1.807, 2.05) is 19.1 Å². The van der Waals surface area contributed by atoms with Crippen LogP contribution in [0.4, 0.5) is 17.1 Å². The number of nitrogens with two attached hydrogens (primary N) is 1. The minimum Gasteiger partial charge on any atom is -0.398 e. The maximum Gasteiger partial charge on any atom is 0.257 e. The highest BCUT2D eigenvalue weighted by Crippen LogP contribution is 2.35. The molecule has 2 aromatic carbocycles. The van der Waals surface area contributed by atoms with E-state index in [1.54, 1.807) is 12.1 Å². The van der Waals surface area contributed by atoms with E-state index in [4.69, 9.17) is 5.73 Å². The second-order valence-electron chi connectivity index (χ2n) is 6.59. The molecule has 4 heteroatoms. The Morgan fingerprint density at radius 1 is 1.08 bits per heavy atom. The summed E-state index contributed by atoms with van der Waals surface area (Å²) in [5.41, 5.74) is 12.6. The van der Waals surface area contributed by atoms with Gasteiger partial charge in [-0.3, -0.25) is 4.79 Å². The fourth-order valence-electron chi connectivity index (χ4n) is 3.68. The lowest BCUT2D eigenvalue weighted by Gasteiger charge is -2.26. The van der Waals surface area contributed by atoms with Crippen molar-refractivity contribution in [1.29, 1.82) is 0 Å². The SMILES string of the molecule is Cc1cc(C)c(N2CCCC2)c(C)c1NC(=O)c1ccccc1N. The molecule has 2 aromatic rings. The van der Waals surface area contributed by atoms with E-state index in [0.717, 1.165) is 29.9 Å². The number of aryl methyl sites for hydroxylation is 2. The van der Waals surface area contributed by atoms with Gasteiger partial charge >= 0.3 is 0 Å². The smallest absolute Gasteiger partial charge is 0.257 e. The first-order chi connectivity index (χ1) is 11.5. The molecule has 0 atom stereocenters. The quantitative estimate of drug-likeness (QED) is 0.838. The summed E-state index contributed by atoms with van der Waals surface area (Å²) in [6.45, 7) is 8.46. The molecular weight excluding hydrogens is 298 g/mol. The van der Waals surface area contributed by atoms with Gasteiger partial charge in [0.05, 0.1) is 5.56 Å². The molecule has 1 amide bonds. The highest BCUT2D eigenvalue weighted by Gasteiger charge is 2.21. The number of amides is 1. The highest BCUT2D eigenvalue weighted by molar-refractivity contribution is 6.08. The van der Waals surface area contributed by atoms with Crippen molar-refractivity contribution in [3.8, 4) is 0 Å². The number of carbonyl (C=O) groups excluding carboxylic acids is 1. The van der Waals surface area contributed by atoms with E-state index in [0.29, 0.717) is 11.3 Å². The molecular formula is C20H25N3O. The number of nitrogens with zero attached hydrogens (tertiary/aromatic N) is 1. The summed E-state index contributed by atoms with van der Waals surface area (Å²) in [6, 6.07) is 9.32. The van der Waals surface area contributed by atoms with Crippen molar-refractivity contribution in [1.82, 2.24) is 0 Å². The maximum atomic E-state index is 12.7. The van der Waals surface area contributed by atoms with Crippen LogP contribution in [0.15, 0.2) is 30.3 Å². The van der Waals surface area contributed by atoms with Gasteiger partial charge in [-0.1, -0.05) is 18.2 Å². The Morgan fingerprint density at radius 2 is 1.75 bits per heavy atom. The maximum absolute atomic E-state index is 12.7. The summed E-state index contributed by atoms with van der Waals surface area (Å²) in [5, 5.41) is 3.08. The van der Waals surface area contributed by atoms with Crippen LogP contribution in [0.2, 0.25) is 0 Å². The zero-order valence-electron chi connectivity index (χ0n) is 14.6. The Kier molecular flexibility index (Phi) is 4.47. The lowest BCUT2D eigenvalue weighted by atomic mass is 10.0. The zero-order valence-corrected chi connectivity index (χ0v) is 14.6. The lowest BCUT2D eigenvalue weighted by Crippen LogP contribution is -2.22. The van der Waals surface area contributed by atoms with Crippen molar-refractivity contribution in [2.24, 2.45) is 0 Å². The van der Waals surface area contributed by atoms with Crippen LogP contribution in [0.1, 0.15) is 39.9 Å². The van der Waals surface area contributed by atoms with Crippen LogP contribution in [-0.4, -0.2) is 19.0 Å². The van der Waals surface area contributed by atoms with Crippen LogP contribution in [0.3, 0.4) is 0 Å². The Hall–Kier alpha value is -2.49. The third-order valence-corrected chi connectivity index (χ3v) is 4.80. The molecule has 126 valence electrons. The van der Waals surface area contributed by atoms with Gasteiger partial charge in [0, 0.05) is 30.2 Å². The van der Waals surface area contributed by atoms with E-state index < -0.39 is 0 Å². The summed E-state index contributed by atoms with van der Waals surface area (Å²) in [7, 11) is 0. The first kappa shape index (κ1) is 16.4. The van der Waals surface area contributed by atoms with Crippen molar-refractivity contribution in [3.05, 3.63) is 52.6 Å². The van der Waals surface area contributed by atoms with Gasteiger partial charge in [0.1, 0.15) is 0 Å². The van der Waals surface area contributed by atoms with Crippen molar-refractivity contribution < 1.29 is 4.79 Å². The van der Waals surface area contributed by atoms with Gasteiger partial charge in [-0.15, -0.1) is 0 Å². The molecule has 24 heavy (non-hydrogen) atoms. The topological polar surface area (TPSA) is 58.4 Å². The fraction of sp³-hybridized carbons (Fsp3) is 0.350. The number of rotatable bonds is 3. The van der Waals surface area contributed by atoms with Gasteiger partial charge in [0.25, 0.3) is 5.91 Å². The fourth-order valence-corrected chi connectivity index (χ4v) is 3.68. The molecule has 3 N–H and O–H groups in total. The molecule has 0 unspecified atom stereocenters. The van der Waals surface area contributed by atoms with Crippen LogP contribution < -0.4 is 16.0 Å². The number of nitrogens with one attached hydrogen (secondary N) is 1. The molecule has 1 aliphatic heterocycles. The lowest BCUT2D eigenvalue weighted by molar-refractivity contribution is 0.102. The number of carbonyl (C=O) groups is 1. The minimum atomic E-state index is -0.157. The van der Waals surface area contributed by atoms with Gasteiger partial charge in [-0.05, 0) is 62.4 Å². The molecule has 1 fully saturated rings. The normalized spacial score (nSPS) is 14.0. The third kappa shape index (κ3) is 2.96. The second-order valence-corrected chi connectivity index (χ2v) is 6.59. The Labute approximate surface area is 143 Å². The van der Waals surface area contributed by atoms with E-state index in [1.165, 1.54) is 24.1 Å². The van der Waals surface area contributed by atoms with Crippen molar-refractivity contribution in [3.63, 3.8) is 0 Å². The Balaban J connectivity index is 1.97. The summed E-state index contributed by atoms with van der Waals surface area (Å²) in [4.78, 5) is 15.1. The van der Waals surface area contributed by atoms with E-state index in [9.17, 15) is 4.79 Å². The van der Waals surface area contributed by atoms with Crippen molar-refractivity contribution in [2.45, 2.75) is 33.6 Å². The molecule has 0 aromatic heterocycles. The second kappa shape index (κ2) is 6.56. The summed E-state index contributed by atoms with van der Waals surface area (Å²) >= 11 is 0. The number of nitrogen functional groups attached to an aromatic ring is 1. The van der Waals surface area contributed by atoms with Gasteiger partial charge in [0.15, 0.2) is 0 Å². The molecule has 4 nitrogen and oxygen atoms in total. The summed E-state index contributed by atoms with van der Waals surface area (Å²) < 4.78 is 0. The largest absolute Gasteiger partial charge is 0.398 e. The Morgan fingerprint density at radius 3 is 2.42 bits per heavy atom. The molecule has 0 bridgehead atoms. The van der Waals surface area contributed by atoms with Gasteiger partial charge in [-0.2, -0.15) is 0 Å². The number of anilines is 3. The van der Waals surface area contributed by atoms with Crippen LogP contribution in [0.5, 0.6) is 0 Å². The molecule has 0 radical (unpaired) electrons. The van der Waals surface area contributed by atoms with Crippen molar-refractivity contribution in [2.75, 3.05) is 29.0 Å². The van der Waals surface area contributed by atoms with Crippen molar-refractivity contribution >= 4 is 23.0 Å². The third-order valence-electron chi connectivity index (χ3n) is 4.80. The average Bonchev–Trinajstić information content (AvgIpc) is 3.05. The number of benzene rings is 2. The molecule has 0 aliphatic carbocycles. The minimum absolute atomic E-state index is 0.157. The molecule has 0 spiro atoms. The van der Waals surface area contributed by atoms with E-state index in [2.05, 4.69) is 30.1 Å². The predicted octanol–water partition coefficient (Wildman–Crippen LogP) is 4.05. The van der Waals surface area contributed by atoms with E-state index in [-0.39, 0.29) is 5.91 Å². The first-order valence-corrected chi connectivity index (χ1v) is 8.50. The van der Waals surface area contributed by atoms with Crippen LogP contribution >= 0.6 is 0 Å². The number of hydrogen-bond acceptors (Lipinski definition) is 3. The Bertz CT molecular complexity index is 777. The van der Waals surface area contributed by atoms with Crippen LogP contribution in [-0.2, 0) is 0 Å². The van der Waals surface area contributed by atoms with Crippen LogP contribution in [0, 0.1) is 20.8 Å². The zero-order chi connectivity index (χ0) is 17.3. The van der Waals surface area contributed by atoms with Gasteiger partial charge < -0.3 is 16.0 Å². The van der Waals surface area contributed by atoms with Gasteiger partial charge in [-0.25, -0.2) is 0 Å². The average molecular weight is 323 g/mol. The molecule has 0 saturated carbocycles.